The molecule has 0 spiro atoms. The Morgan fingerprint density at radius 1 is 1.40 bits per heavy atom. The minimum atomic E-state index is -0.613. The second-order valence-corrected chi connectivity index (χ2v) is 5.89. The van der Waals surface area contributed by atoms with Crippen LogP contribution in [0.1, 0.15) is 34.1 Å². The largest absolute Gasteiger partial charge is 0.336 e. The van der Waals surface area contributed by atoms with Crippen LogP contribution in [0.15, 0.2) is 36.7 Å². The van der Waals surface area contributed by atoms with E-state index in [2.05, 4.69) is 9.97 Å². The zero-order chi connectivity index (χ0) is 17.8. The molecule has 3 rings (SSSR count). The molecule has 1 fully saturated rings. The number of nitrogens with zero attached hydrogens (tertiary/aromatic N) is 4. The van der Waals surface area contributed by atoms with E-state index >= 15 is 0 Å². The number of hydrogen-bond acceptors (Lipinski definition) is 5. The number of carbonyl (C=O) groups excluding carboxylic acids is 2. The first-order chi connectivity index (χ1) is 12.1. The molecule has 1 aromatic heterocycles. The average Bonchev–Trinajstić information content (AvgIpc) is 3.13. The van der Waals surface area contributed by atoms with E-state index in [1.54, 1.807) is 23.4 Å². The lowest BCUT2D eigenvalue weighted by atomic mass is 10.1. The van der Waals surface area contributed by atoms with Gasteiger partial charge in [0.05, 0.1) is 11.6 Å². The molecule has 0 saturated carbocycles. The van der Waals surface area contributed by atoms with Crippen LogP contribution >= 0.6 is 0 Å². The monoisotopic (exact) mass is 342 g/mol. The molecule has 25 heavy (non-hydrogen) atoms. The molecule has 0 radical (unpaired) electrons. The molecule has 0 aliphatic carbocycles. The van der Waals surface area contributed by atoms with Crippen LogP contribution in [0.4, 0.5) is 10.3 Å². The number of anilines is 1. The molecule has 130 valence electrons. The predicted octanol–water partition coefficient (Wildman–Crippen LogP) is 2.17. The molecule has 1 saturated heterocycles. The Hall–Kier alpha value is -2.83. The summed E-state index contributed by atoms with van der Waals surface area (Å²) in [5.74, 6) is -0.384. The fourth-order valence-electron chi connectivity index (χ4n) is 3.13. The van der Waals surface area contributed by atoms with Crippen LogP contribution in [0, 0.1) is 5.82 Å². The van der Waals surface area contributed by atoms with Crippen LogP contribution in [0.25, 0.3) is 0 Å². The number of likely N-dealkylation sites (tertiary alicyclic amines) is 1. The van der Waals surface area contributed by atoms with E-state index in [0.717, 1.165) is 12.5 Å². The molecule has 7 heteroatoms. The zero-order valence-electron chi connectivity index (χ0n) is 13.9. The van der Waals surface area contributed by atoms with Crippen LogP contribution in [-0.4, -0.2) is 52.7 Å². The minimum absolute atomic E-state index is 0.0655. The third-order valence-corrected chi connectivity index (χ3v) is 4.40. The van der Waals surface area contributed by atoms with E-state index in [9.17, 15) is 14.0 Å². The number of benzene rings is 1. The Kier molecular flexibility index (Phi) is 5.02. The number of carbonyl (C=O) groups is 2. The fraction of sp³-hybridized carbons (Fsp3) is 0.333. The summed E-state index contributed by atoms with van der Waals surface area (Å²) in [5.41, 5.74) is 0.220. The van der Waals surface area contributed by atoms with Crippen molar-refractivity contribution in [1.82, 2.24) is 14.9 Å². The quantitative estimate of drug-likeness (QED) is 0.779. The van der Waals surface area contributed by atoms with Crippen molar-refractivity contribution in [2.45, 2.75) is 19.4 Å². The van der Waals surface area contributed by atoms with Crippen molar-refractivity contribution in [3.63, 3.8) is 0 Å². The number of likely N-dealkylation sites (N-methyl/N-ethyl adjacent to an activating group) is 1. The van der Waals surface area contributed by atoms with Gasteiger partial charge in [0.25, 0.3) is 5.91 Å². The molecule has 1 amide bonds. The van der Waals surface area contributed by atoms with Crippen molar-refractivity contribution in [3.05, 3.63) is 53.6 Å². The Morgan fingerprint density at radius 3 is 2.84 bits per heavy atom. The minimum Gasteiger partial charge on any atom is -0.336 e. The van der Waals surface area contributed by atoms with Gasteiger partial charge in [-0.3, -0.25) is 9.59 Å². The van der Waals surface area contributed by atoms with Crippen LogP contribution in [0.2, 0.25) is 0 Å². The van der Waals surface area contributed by atoms with Gasteiger partial charge in [-0.2, -0.15) is 0 Å². The number of aldehydes is 1. The Labute approximate surface area is 145 Å². The highest BCUT2D eigenvalue weighted by Crippen LogP contribution is 2.22. The van der Waals surface area contributed by atoms with Gasteiger partial charge in [-0.05, 0) is 37.6 Å². The third-order valence-electron chi connectivity index (χ3n) is 4.40. The SMILES string of the molecule is CCN(c1ncccn1)C1CCN(C(=O)c2cc(C=O)ccc2F)C1. The molecule has 2 aromatic rings. The number of halogens is 1. The normalized spacial score (nSPS) is 16.7. The lowest BCUT2D eigenvalue weighted by Crippen LogP contribution is -2.40. The van der Waals surface area contributed by atoms with Gasteiger partial charge in [0.15, 0.2) is 0 Å². The number of rotatable bonds is 5. The van der Waals surface area contributed by atoms with Crippen LogP contribution in [-0.2, 0) is 0 Å². The standard InChI is InChI=1S/C18H19FN4O2/c1-2-23(18-20-7-3-8-21-18)14-6-9-22(11-14)17(25)15-10-13(12-24)4-5-16(15)19/h3-5,7-8,10,12,14H,2,6,9,11H2,1H3. The Bertz CT molecular complexity index is 769. The number of hydrogen-bond donors (Lipinski definition) is 0. The Balaban J connectivity index is 1.76. The van der Waals surface area contributed by atoms with Crippen molar-refractivity contribution in [3.8, 4) is 0 Å². The Morgan fingerprint density at radius 2 is 2.16 bits per heavy atom. The molecule has 1 aliphatic rings. The topological polar surface area (TPSA) is 66.4 Å². The second-order valence-electron chi connectivity index (χ2n) is 5.89. The van der Waals surface area contributed by atoms with E-state index in [4.69, 9.17) is 0 Å². The second kappa shape index (κ2) is 7.38. The molecule has 1 aromatic carbocycles. The fourth-order valence-corrected chi connectivity index (χ4v) is 3.13. The summed E-state index contributed by atoms with van der Waals surface area (Å²) < 4.78 is 14.0. The van der Waals surface area contributed by atoms with E-state index in [0.29, 0.717) is 31.9 Å². The van der Waals surface area contributed by atoms with E-state index in [-0.39, 0.29) is 17.2 Å². The van der Waals surface area contributed by atoms with Crippen molar-refractivity contribution in [2.75, 3.05) is 24.5 Å². The molecule has 6 nitrogen and oxygen atoms in total. The zero-order valence-corrected chi connectivity index (χ0v) is 13.9. The summed E-state index contributed by atoms with van der Waals surface area (Å²) in [6.45, 7) is 3.72. The van der Waals surface area contributed by atoms with Crippen molar-refractivity contribution >= 4 is 18.1 Å². The maximum Gasteiger partial charge on any atom is 0.256 e. The summed E-state index contributed by atoms with van der Waals surface area (Å²) in [7, 11) is 0. The van der Waals surface area contributed by atoms with Crippen LogP contribution in [0.5, 0.6) is 0 Å². The van der Waals surface area contributed by atoms with Crippen molar-refractivity contribution < 1.29 is 14.0 Å². The summed E-state index contributed by atoms with van der Waals surface area (Å²) in [6.07, 6.45) is 4.73. The van der Waals surface area contributed by atoms with Gasteiger partial charge in [0.2, 0.25) is 5.95 Å². The van der Waals surface area contributed by atoms with Gasteiger partial charge in [-0.25, -0.2) is 14.4 Å². The van der Waals surface area contributed by atoms with Gasteiger partial charge in [-0.15, -0.1) is 0 Å². The lowest BCUT2D eigenvalue weighted by Gasteiger charge is -2.27. The number of amides is 1. The number of aromatic nitrogens is 2. The van der Waals surface area contributed by atoms with Crippen LogP contribution in [0.3, 0.4) is 0 Å². The first-order valence-electron chi connectivity index (χ1n) is 8.21. The van der Waals surface area contributed by atoms with E-state index < -0.39 is 11.7 Å². The molecule has 2 heterocycles. The van der Waals surface area contributed by atoms with Gasteiger partial charge in [-0.1, -0.05) is 0 Å². The van der Waals surface area contributed by atoms with E-state index in [1.165, 1.54) is 12.1 Å². The molecule has 0 N–H and O–H groups in total. The highest BCUT2D eigenvalue weighted by molar-refractivity contribution is 5.96. The van der Waals surface area contributed by atoms with Crippen LogP contribution < -0.4 is 4.90 Å². The maximum atomic E-state index is 14.0. The molecule has 1 aliphatic heterocycles. The summed E-state index contributed by atoms with van der Waals surface area (Å²) >= 11 is 0. The maximum absolute atomic E-state index is 14.0. The smallest absolute Gasteiger partial charge is 0.256 e. The van der Waals surface area contributed by atoms with Gasteiger partial charge in [0.1, 0.15) is 12.1 Å². The lowest BCUT2D eigenvalue weighted by molar-refractivity contribution is 0.0786. The summed E-state index contributed by atoms with van der Waals surface area (Å²) in [5, 5.41) is 0. The molecular formula is C18H19FN4O2. The molecule has 1 atom stereocenters. The third kappa shape index (κ3) is 3.50. The highest BCUT2D eigenvalue weighted by atomic mass is 19.1. The predicted molar refractivity (Wildman–Crippen MR) is 91.1 cm³/mol. The van der Waals surface area contributed by atoms with Gasteiger partial charge in [0, 0.05) is 37.6 Å². The average molecular weight is 342 g/mol. The summed E-state index contributed by atoms with van der Waals surface area (Å²) in [6, 6.07) is 5.65. The van der Waals surface area contributed by atoms with Gasteiger partial charge >= 0.3 is 0 Å². The highest BCUT2D eigenvalue weighted by Gasteiger charge is 2.32. The van der Waals surface area contributed by atoms with Crippen molar-refractivity contribution in [2.24, 2.45) is 0 Å². The van der Waals surface area contributed by atoms with E-state index in [1.807, 2.05) is 11.8 Å². The molecular weight excluding hydrogens is 323 g/mol. The summed E-state index contributed by atoms with van der Waals surface area (Å²) in [4.78, 5) is 35.7. The van der Waals surface area contributed by atoms with Gasteiger partial charge < -0.3 is 9.80 Å². The van der Waals surface area contributed by atoms with Crippen molar-refractivity contribution in [1.29, 1.82) is 0 Å². The first kappa shape index (κ1) is 17.0. The first-order valence-corrected chi connectivity index (χ1v) is 8.21. The molecule has 0 bridgehead atoms. The molecule has 1 unspecified atom stereocenters.